The van der Waals surface area contributed by atoms with Crippen molar-refractivity contribution in [3.05, 3.63) is 167 Å². The fraction of sp³-hybridized carbons (Fsp3) is 0.291. The van der Waals surface area contributed by atoms with Crippen molar-refractivity contribution in [3.63, 3.8) is 0 Å². The lowest BCUT2D eigenvalue weighted by atomic mass is 9.81. The zero-order valence-electron chi connectivity index (χ0n) is 38.0. The Kier molecular flexibility index (Phi) is 14.4. The molecule has 0 aromatic heterocycles. The Morgan fingerprint density at radius 3 is 1.66 bits per heavy atom. The average Bonchev–Trinajstić information content (AvgIpc) is 3.86. The highest BCUT2D eigenvalue weighted by Crippen LogP contribution is 2.46. The molecule has 8 rings (SSSR count). The summed E-state index contributed by atoms with van der Waals surface area (Å²) in [7, 11) is 0. The van der Waals surface area contributed by atoms with Crippen LogP contribution in [0.25, 0.3) is 33.0 Å². The molecule has 6 aromatic carbocycles. The molecule has 13 nitrogen and oxygen atoms in total. The minimum atomic E-state index is -2.36. The highest BCUT2D eigenvalue weighted by molar-refractivity contribution is 6.03. The molecule has 0 spiro atoms. The van der Waals surface area contributed by atoms with E-state index in [1.165, 1.54) is 6.92 Å². The highest BCUT2D eigenvalue weighted by atomic mass is 16.6. The smallest absolute Gasteiger partial charge is 0.417 e. The molecule has 0 bridgehead atoms. The molecule has 0 saturated carbocycles. The van der Waals surface area contributed by atoms with Gasteiger partial charge in [0.15, 0.2) is 5.54 Å². The lowest BCUT2D eigenvalue weighted by Gasteiger charge is -2.41. The van der Waals surface area contributed by atoms with E-state index in [1.807, 2.05) is 115 Å². The minimum Gasteiger partial charge on any atom is -0.479 e. The molecule has 350 valence electrons. The Balaban J connectivity index is 1.14. The van der Waals surface area contributed by atoms with E-state index in [0.29, 0.717) is 16.7 Å². The summed E-state index contributed by atoms with van der Waals surface area (Å²) in [5, 5.41) is 15.8. The fourth-order valence-electron chi connectivity index (χ4n) is 9.91. The molecule has 2 aliphatic carbocycles. The number of hydrogen-bond acceptors (Lipinski definition) is 10. The number of nitrogens with zero attached hydrogens (tertiary/aromatic N) is 1. The first-order valence-electron chi connectivity index (χ1n) is 23.2. The van der Waals surface area contributed by atoms with Crippen molar-refractivity contribution < 1.29 is 38.6 Å². The number of esters is 1. The molecule has 4 atom stereocenters. The van der Waals surface area contributed by atoms with Crippen LogP contribution in [0.5, 0.6) is 0 Å². The van der Waals surface area contributed by atoms with Gasteiger partial charge in [0.05, 0.1) is 12.0 Å². The van der Waals surface area contributed by atoms with Gasteiger partial charge in [-0.05, 0) is 112 Å². The Morgan fingerprint density at radius 2 is 1.16 bits per heavy atom. The molecular formula is C55H57N5O8. The van der Waals surface area contributed by atoms with Crippen LogP contribution in [0.3, 0.4) is 0 Å². The SMILES string of the molecule is C[C@H](N)C(=O)N[C@@H](CCC(CN)C(=O)OCC1c2ccccc2-c2ccccc21)C(=O)N(C(=O)OCC1c2ccccc2-c2ccccc21)[C@@](CCCCN)(C(=O)O)c1ccc2ccccc2c1. The number of amides is 3. The predicted molar refractivity (Wildman–Crippen MR) is 260 cm³/mol. The lowest BCUT2D eigenvalue weighted by Crippen LogP contribution is -2.62. The van der Waals surface area contributed by atoms with Gasteiger partial charge in [0.25, 0.3) is 5.91 Å². The molecule has 0 aliphatic heterocycles. The molecule has 0 radical (unpaired) electrons. The molecule has 8 N–H and O–H groups in total. The third kappa shape index (κ3) is 9.24. The number of aliphatic carboxylic acids is 1. The van der Waals surface area contributed by atoms with Gasteiger partial charge in [0.2, 0.25) is 5.91 Å². The number of hydrogen-bond donors (Lipinski definition) is 5. The number of ether oxygens (including phenoxy) is 2. The van der Waals surface area contributed by atoms with Crippen molar-refractivity contribution in [2.45, 2.75) is 68.5 Å². The van der Waals surface area contributed by atoms with Gasteiger partial charge in [-0.3, -0.25) is 14.4 Å². The number of nitrogens with two attached hydrogens (primary N) is 3. The van der Waals surface area contributed by atoms with E-state index in [4.69, 9.17) is 26.7 Å². The fourth-order valence-corrected chi connectivity index (χ4v) is 9.91. The molecule has 0 saturated heterocycles. The summed E-state index contributed by atoms with van der Waals surface area (Å²) in [6, 6.07) is 41.1. The van der Waals surface area contributed by atoms with Crippen LogP contribution in [0.1, 0.15) is 78.7 Å². The van der Waals surface area contributed by atoms with Crippen molar-refractivity contribution in [2.24, 2.45) is 23.1 Å². The first-order chi connectivity index (χ1) is 33.0. The number of nitrogens with one attached hydrogen (secondary N) is 1. The molecule has 13 heteroatoms. The van der Waals surface area contributed by atoms with E-state index in [1.54, 1.807) is 24.3 Å². The monoisotopic (exact) mass is 915 g/mol. The summed E-state index contributed by atoms with van der Waals surface area (Å²) in [5.41, 5.74) is 23.9. The third-order valence-corrected chi connectivity index (χ3v) is 13.5. The predicted octanol–water partition coefficient (Wildman–Crippen LogP) is 7.57. The van der Waals surface area contributed by atoms with Gasteiger partial charge < -0.3 is 37.1 Å². The first-order valence-corrected chi connectivity index (χ1v) is 23.2. The normalized spacial score (nSPS) is 14.9. The van der Waals surface area contributed by atoms with Gasteiger partial charge in [0, 0.05) is 18.4 Å². The van der Waals surface area contributed by atoms with E-state index in [9.17, 15) is 19.5 Å². The first kappa shape index (κ1) is 47.3. The standard InChI is InChI=1S/C55H57N5O8/c1-34(58)50(61)59-49(27-25-37(31-57)52(63)67-32-47-43-20-8-4-16-39(43)40-17-5-9-21-44(40)47)51(62)60(54(66)68-33-48-45-22-10-6-18-41(45)42-19-7-11-23-46(42)48)55(53(64)65,28-12-13-29-56)38-26-24-35-14-2-3-15-36(35)30-38/h2-11,14-24,26,30,34,37,47-49H,12-13,25,27-29,31-33,56-58H2,1H3,(H,59,61)(H,64,65)/t34-,37?,49-,55+/m0/s1. The van der Waals surface area contributed by atoms with Crippen molar-refractivity contribution in [3.8, 4) is 22.3 Å². The minimum absolute atomic E-state index is 0.0401. The van der Waals surface area contributed by atoms with Crippen molar-refractivity contribution in [2.75, 3.05) is 26.3 Å². The summed E-state index contributed by atoms with van der Waals surface area (Å²) in [6.45, 7) is 1.29. The molecule has 3 amide bonds. The molecule has 0 fully saturated rings. The number of rotatable bonds is 19. The van der Waals surface area contributed by atoms with Gasteiger partial charge in [-0.15, -0.1) is 0 Å². The second-order valence-electron chi connectivity index (χ2n) is 17.7. The molecule has 0 heterocycles. The van der Waals surface area contributed by atoms with Crippen LogP contribution in [0.2, 0.25) is 0 Å². The molecule has 6 aromatic rings. The van der Waals surface area contributed by atoms with E-state index in [2.05, 4.69) is 5.32 Å². The number of carbonyl (C=O) groups excluding carboxylic acids is 4. The second-order valence-corrected chi connectivity index (χ2v) is 17.7. The molecule has 68 heavy (non-hydrogen) atoms. The third-order valence-electron chi connectivity index (χ3n) is 13.5. The van der Waals surface area contributed by atoms with E-state index >= 15 is 9.59 Å². The van der Waals surface area contributed by atoms with Crippen LogP contribution in [0.4, 0.5) is 4.79 Å². The molecular weight excluding hydrogens is 859 g/mol. The van der Waals surface area contributed by atoms with Gasteiger partial charge in [-0.2, -0.15) is 0 Å². The van der Waals surface area contributed by atoms with Gasteiger partial charge in [-0.1, -0.05) is 133 Å². The van der Waals surface area contributed by atoms with Crippen LogP contribution in [0, 0.1) is 5.92 Å². The summed E-state index contributed by atoms with van der Waals surface area (Å²) in [4.78, 5) is 73.1. The number of benzene rings is 6. The summed E-state index contributed by atoms with van der Waals surface area (Å²) in [5.74, 6) is -5.50. The maximum atomic E-state index is 15.6. The zero-order valence-corrected chi connectivity index (χ0v) is 38.0. The maximum absolute atomic E-state index is 15.6. The number of carboxylic acid groups (broad SMARTS) is 1. The van der Waals surface area contributed by atoms with E-state index < -0.39 is 59.3 Å². The summed E-state index contributed by atoms with van der Waals surface area (Å²) >= 11 is 0. The van der Waals surface area contributed by atoms with Crippen molar-refractivity contribution >= 4 is 40.6 Å². The number of unbranched alkanes of at least 4 members (excludes halogenated alkanes) is 1. The van der Waals surface area contributed by atoms with Crippen LogP contribution >= 0.6 is 0 Å². The Morgan fingerprint density at radius 1 is 0.662 bits per heavy atom. The van der Waals surface area contributed by atoms with Gasteiger partial charge in [0.1, 0.15) is 19.3 Å². The summed E-state index contributed by atoms with van der Waals surface area (Å²) in [6.07, 6.45) is -1.22. The van der Waals surface area contributed by atoms with Crippen molar-refractivity contribution in [1.82, 2.24) is 10.2 Å². The lowest BCUT2D eigenvalue weighted by molar-refractivity contribution is -0.160. The maximum Gasteiger partial charge on any atom is 0.417 e. The largest absolute Gasteiger partial charge is 0.479 e. The highest BCUT2D eigenvalue weighted by Gasteiger charge is 2.54. The number of carboxylic acids is 1. The topological polar surface area (TPSA) is 217 Å². The Bertz CT molecular complexity index is 2760. The number of imide groups is 1. The van der Waals surface area contributed by atoms with E-state index in [-0.39, 0.29) is 63.5 Å². The number of carbonyl (C=O) groups is 5. The van der Waals surface area contributed by atoms with Crippen LogP contribution < -0.4 is 22.5 Å². The molecule has 2 aliphatic rings. The zero-order chi connectivity index (χ0) is 48.0. The number of fused-ring (bicyclic) bond motifs is 7. The van der Waals surface area contributed by atoms with Gasteiger partial charge in [-0.25, -0.2) is 14.5 Å². The molecule has 1 unspecified atom stereocenters. The average molecular weight is 916 g/mol. The Labute approximate surface area is 395 Å². The Hall–Kier alpha value is -7.19. The quantitative estimate of drug-likeness (QED) is 0.0394. The van der Waals surface area contributed by atoms with Crippen molar-refractivity contribution in [1.29, 1.82) is 0 Å². The van der Waals surface area contributed by atoms with Crippen LogP contribution in [0.15, 0.2) is 140 Å². The van der Waals surface area contributed by atoms with Crippen LogP contribution in [-0.4, -0.2) is 78.2 Å². The van der Waals surface area contributed by atoms with Gasteiger partial charge >= 0.3 is 18.0 Å². The van der Waals surface area contributed by atoms with Crippen LogP contribution in [-0.2, 0) is 34.2 Å². The van der Waals surface area contributed by atoms with E-state index in [0.717, 1.165) is 49.9 Å². The second kappa shape index (κ2) is 20.8. The summed E-state index contributed by atoms with van der Waals surface area (Å²) < 4.78 is 12.1.